The molecule has 1 aliphatic heterocycles. The number of halogens is 1. The second-order valence-corrected chi connectivity index (χ2v) is 10.1. The zero-order chi connectivity index (χ0) is 17.7. The van der Waals surface area contributed by atoms with Crippen LogP contribution in [0.15, 0.2) is 34.6 Å². The third kappa shape index (κ3) is 2.73. The second-order valence-electron chi connectivity index (χ2n) is 5.62. The summed E-state index contributed by atoms with van der Waals surface area (Å²) in [6, 6.07) is 4.44. The molecule has 1 aromatic carbocycles. The van der Waals surface area contributed by atoms with E-state index in [1.165, 1.54) is 30.1 Å². The van der Waals surface area contributed by atoms with E-state index < -0.39 is 25.1 Å². The highest BCUT2D eigenvalue weighted by Gasteiger charge is 2.45. The van der Waals surface area contributed by atoms with E-state index in [2.05, 4.69) is 10.2 Å². The van der Waals surface area contributed by atoms with Gasteiger partial charge in [-0.25, -0.2) is 16.8 Å². The quantitative estimate of drug-likeness (QED) is 0.758. The van der Waals surface area contributed by atoms with Gasteiger partial charge in [0, 0.05) is 25.2 Å². The van der Waals surface area contributed by atoms with Gasteiger partial charge in [-0.15, -0.1) is 10.2 Å². The van der Waals surface area contributed by atoms with Crippen LogP contribution in [0.1, 0.15) is 5.56 Å². The topological polar surface area (TPSA) is 102 Å². The number of rotatable bonds is 4. The molecular formula is C13H15ClN4O4S2. The Hall–Kier alpha value is -1.49. The summed E-state index contributed by atoms with van der Waals surface area (Å²) in [5, 5.41) is 6.49. The number of benzene rings is 1. The summed E-state index contributed by atoms with van der Waals surface area (Å²) < 4.78 is 52.4. The van der Waals surface area contributed by atoms with Gasteiger partial charge in [-0.1, -0.05) is 17.7 Å². The van der Waals surface area contributed by atoms with Crippen LogP contribution in [0.2, 0.25) is 5.02 Å². The Labute approximate surface area is 145 Å². The molecule has 0 N–H and O–H groups in total. The van der Waals surface area contributed by atoms with Crippen LogP contribution in [-0.2, 0) is 26.9 Å². The Balaban J connectivity index is 1.81. The molecule has 0 bridgehead atoms. The largest absolute Gasteiger partial charge is 0.308 e. The zero-order valence-electron chi connectivity index (χ0n) is 12.9. The van der Waals surface area contributed by atoms with Crippen LogP contribution >= 0.6 is 11.6 Å². The van der Waals surface area contributed by atoms with E-state index in [9.17, 15) is 16.8 Å². The first kappa shape index (κ1) is 17.3. The van der Waals surface area contributed by atoms with Crippen LogP contribution in [-0.4, -0.2) is 54.2 Å². The van der Waals surface area contributed by atoms with Crippen molar-refractivity contribution in [3.05, 3.63) is 35.1 Å². The molecule has 2 heterocycles. The van der Waals surface area contributed by atoms with Crippen LogP contribution in [0.25, 0.3) is 0 Å². The van der Waals surface area contributed by atoms with Crippen molar-refractivity contribution in [2.45, 2.75) is 22.2 Å². The molecule has 130 valence electrons. The molecule has 3 rings (SSSR count). The summed E-state index contributed by atoms with van der Waals surface area (Å²) in [4.78, 5) is 0.0487. The number of sulfonamides is 1. The molecule has 0 radical (unpaired) electrons. The van der Waals surface area contributed by atoms with Crippen molar-refractivity contribution in [2.24, 2.45) is 7.05 Å². The van der Waals surface area contributed by atoms with E-state index in [1.54, 1.807) is 13.0 Å². The van der Waals surface area contributed by atoms with E-state index in [4.69, 9.17) is 11.6 Å². The van der Waals surface area contributed by atoms with E-state index in [1.807, 2.05) is 0 Å². The molecule has 0 amide bonds. The van der Waals surface area contributed by atoms with Gasteiger partial charge in [-0.3, -0.25) is 0 Å². The molecule has 1 fully saturated rings. The zero-order valence-corrected chi connectivity index (χ0v) is 15.3. The lowest BCUT2D eigenvalue weighted by Gasteiger charge is -2.36. The van der Waals surface area contributed by atoms with Crippen molar-refractivity contribution < 1.29 is 16.8 Å². The van der Waals surface area contributed by atoms with Gasteiger partial charge in [0.1, 0.15) is 6.33 Å². The lowest BCUT2D eigenvalue weighted by Crippen LogP contribution is -2.56. The third-order valence-corrected chi connectivity index (χ3v) is 8.25. The van der Waals surface area contributed by atoms with Gasteiger partial charge in [0.25, 0.3) is 0 Å². The first-order chi connectivity index (χ1) is 11.1. The summed E-state index contributed by atoms with van der Waals surface area (Å²) in [7, 11) is -5.97. The van der Waals surface area contributed by atoms with Gasteiger partial charge in [-0.05, 0) is 24.6 Å². The minimum Gasteiger partial charge on any atom is -0.308 e. The number of nitrogens with zero attached hydrogens (tertiary/aromatic N) is 4. The van der Waals surface area contributed by atoms with Gasteiger partial charge in [0.15, 0.2) is 0 Å². The smallest absolute Gasteiger partial charge is 0.249 e. The summed E-state index contributed by atoms with van der Waals surface area (Å²) in [6.45, 7) is 1.53. The molecule has 24 heavy (non-hydrogen) atoms. The van der Waals surface area contributed by atoms with Crippen LogP contribution in [0, 0.1) is 6.92 Å². The van der Waals surface area contributed by atoms with Gasteiger partial charge in [0.05, 0.1) is 10.1 Å². The molecule has 1 aromatic heterocycles. The summed E-state index contributed by atoms with van der Waals surface area (Å²) >= 11 is 5.98. The van der Waals surface area contributed by atoms with Gasteiger partial charge in [-0.2, -0.15) is 4.31 Å². The minimum atomic E-state index is -3.77. The van der Waals surface area contributed by atoms with Crippen molar-refractivity contribution in [2.75, 3.05) is 13.1 Å². The highest BCUT2D eigenvalue weighted by atomic mass is 35.5. The van der Waals surface area contributed by atoms with Crippen molar-refractivity contribution in [1.82, 2.24) is 19.1 Å². The fraction of sp³-hybridized carbons (Fsp3) is 0.385. The first-order valence-electron chi connectivity index (χ1n) is 6.98. The van der Waals surface area contributed by atoms with Crippen LogP contribution < -0.4 is 0 Å². The highest BCUT2D eigenvalue weighted by molar-refractivity contribution is 7.92. The van der Waals surface area contributed by atoms with Crippen LogP contribution in [0.3, 0.4) is 0 Å². The number of aryl methyl sites for hydroxylation is 2. The predicted molar refractivity (Wildman–Crippen MR) is 86.9 cm³/mol. The fourth-order valence-electron chi connectivity index (χ4n) is 2.36. The lowest BCUT2D eigenvalue weighted by atomic mass is 10.2. The normalized spacial score (nSPS) is 17.0. The number of sulfone groups is 1. The van der Waals surface area contributed by atoms with Gasteiger partial charge < -0.3 is 4.57 Å². The first-order valence-corrected chi connectivity index (χ1v) is 10.3. The molecule has 1 saturated heterocycles. The Morgan fingerprint density at radius 2 is 1.88 bits per heavy atom. The predicted octanol–water partition coefficient (Wildman–Crippen LogP) is 0.624. The summed E-state index contributed by atoms with van der Waals surface area (Å²) in [5.74, 6) is 0. The Kier molecular flexibility index (Phi) is 4.19. The second kappa shape index (κ2) is 5.80. The van der Waals surface area contributed by atoms with E-state index in [0.717, 1.165) is 9.87 Å². The molecule has 0 spiro atoms. The maximum Gasteiger partial charge on any atom is 0.249 e. The molecule has 0 atom stereocenters. The molecule has 0 saturated carbocycles. The van der Waals surface area contributed by atoms with E-state index in [0.29, 0.717) is 5.02 Å². The van der Waals surface area contributed by atoms with Crippen molar-refractivity contribution in [3.63, 3.8) is 0 Å². The highest BCUT2D eigenvalue weighted by Crippen LogP contribution is 2.29. The van der Waals surface area contributed by atoms with Gasteiger partial charge >= 0.3 is 0 Å². The third-order valence-electron chi connectivity index (χ3n) is 3.96. The van der Waals surface area contributed by atoms with Crippen molar-refractivity contribution in [3.8, 4) is 0 Å². The maximum atomic E-state index is 12.5. The minimum absolute atomic E-state index is 0.0487. The van der Waals surface area contributed by atoms with E-state index in [-0.39, 0.29) is 23.1 Å². The average Bonchev–Trinajstić information content (AvgIpc) is 2.86. The molecule has 0 unspecified atom stereocenters. The summed E-state index contributed by atoms with van der Waals surface area (Å²) in [5.41, 5.74) is 0.766. The van der Waals surface area contributed by atoms with Gasteiger partial charge in [0.2, 0.25) is 25.0 Å². The monoisotopic (exact) mass is 390 g/mol. The number of hydrogen-bond acceptors (Lipinski definition) is 6. The molecule has 8 nitrogen and oxygen atoms in total. The summed E-state index contributed by atoms with van der Waals surface area (Å²) in [6.07, 6.45) is 1.29. The standard InChI is InChI=1S/C13H15ClN4O4S2/c1-9-3-4-10(5-12(9)14)24(21,22)18-6-11(7-18)23(19,20)13-16-15-8-17(13)2/h3-5,8,11H,6-7H2,1-2H3. The lowest BCUT2D eigenvalue weighted by molar-refractivity contribution is 0.308. The Bertz CT molecular complexity index is 995. The van der Waals surface area contributed by atoms with Crippen LogP contribution in [0.5, 0.6) is 0 Å². The average molecular weight is 391 g/mol. The van der Waals surface area contributed by atoms with Crippen LogP contribution in [0.4, 0.5) is 0 Å². The Morgan fingerprint density at radius 3 is 2.42 bits per heavy atom. The molecule has 2 aromatic rings. The molecule has 11 heteroatoms. The SMILES string of the molecule is Cc1ccc(S(=O)(=O)N2CC(S(=O)(=O)c3nncn3C)C2)cc1Cl. The molecular weight excluding hydrogens is 376 g/mol. The maximum absolute atomic E-state index is 12.5. The molecule has 0 aliphatic carbocycles. The fourth-order valence-corrected chi connectivity index (χ4v) is 6.01. The van der Waals surface area contributed by atoms with E-state index >= 15 is 0 Å². The van der Waals surface area contributed by atoms with Crippen molar-refractivity contribution >= 4 is 31.5 Å². The molecule has 1 aliphatic rings. The number of aromatic nitrogens is 3. The number of hydrogen-bond donors (Lipinski definition) is 0. The Morgan fingerprint density at radius 1 is 1.21 bits per heavy atom. The van der Waals surface area contributed by atoms with Crippen molar-refractivity contribution in [1.29, 1.82) is 0 Å².